The second kappa shape index (κ2) is 24.7. The fourth-order valence-electron chi connectivity index (χ4n) is 6.78. The molecule has 0 fully saturated rings. The van der Waals surface area contributed by atoms with Gasteiger partial charge in [0.25, 0.3) is 0 Å². The number of aromatic nitrogens is 4. The van der Waals surface area contributed by atoms with Gasteiger partial charge < -0.3 is 52.7 Å². The lowest BCUT2D eigenvalue weighted by Gasteiger charge is -2.30. The van der Waals surface area contributed by atoms with Crippen molar-refractivity contribution < 1.29 is 38.7 Å². The van der Waals surface area contributed by atoms with E-state index in [2.05, 4.69) is 51.8 Å². The van der Waals surface area contributed by atoms with Gasteiger partial charge in [0.1, 0.15) is 30.2 Å². The summed E-state index contributed by atoms with van der Waals surface area (Å²) >= 11 is 0. The average Bonchev–Trinajstić information content (AvgIpc) is 3.95. The number of carbonyl (C=O) groups is 7. The third-order valence-electron chi connectivity index (χ3n) is 10.8. The molecule has 2 heterocycles. The van der Waals surface area contributed by atoms with Gasteiger partial charge in [-0.3, -0.25) is 33.6 Å². The van der Waals surface area contributed by atoms with E-state index >= 15 is 0 Å². The highest BCUT2D eigenvalue weighted by Gasteiger charge is 2.36. The van der Waals surface area contributed by atoms with Crippen molar-refractivity contribution in [2.45, 2.75) is 143 Å². The molecule has 0 spiro atoms. The van der Waals surface area contributed by atoms with Crippen LogP contribution in [0.3, 0.4) is 0 Å². The Morgan fingerprint density at radius 3 is 1.72 bits per heavy atom. The molecule has 8 atom stereocenters. The standard InChI is InChI=1S/C45H69N11O8/c1-10-27(6)38(43(63)52-32(39(46)59)18-29-21-47-23-49-29)56-42(62)37(26(4)5)55-36(58)20-35(57)31(16-25(2)3)51-41(61)34(19-30-22-48-24-50-30)53-40(60)33(54-44(64)45(7,8)9)17-28-14-12-11-13-15-28/h11-15,21-27,31-35,37-38,57H,10,16-20H2,1-9H3,(H2,46,59)(H,47,49)(H,48,50)(H,51,61)(H,52,63)(H,53,60)(H,54,64)(H,55,58)(H,56,62)/t27-,31-,32-,33-,34-,35-,37-,38-/m0/s1. The van der Waals surface area contributed by atoms with Crippen LogP contribution in [0.5, 0.6) is 0 Å². The van der Waals surface area contributed by atoms with Crippen LogP contribution in [0.25, 0.3) is 0 Å². The molecule has 7 amide bonds. The van der Waals surface area contributed by atoms with Crippen LogP contribution < -0.4 is 37.6 Å². The maximum atomic E-state index is 14.2. The minimum absolute atomic E-state index is 0.0118. The lowest BCUT2D eigenvalue weighted by atomic mass is 9.94. The first kappa shape index (κ1) is 52.2. The summed E-state index contributed by atoms with van der Waals surface area (Å²) < 4.78 is 0. The molecule has 3 aromatic rings. The molecule has 3 rings (SSSR count). The maximum Gasteiger partial charge on any atom is 0.243 e. The normalized spacial score (nSPS) is 15.4. The van der Waals surface area contributed by atoms with Crippen LogP contribution in [0, 0.1) is 23.2 Å². The lowest BCUT2D eigenvalue weighted by molar-refractivity contribution is -0.135. The number of imidazole rings is 2. The first-order valence-electron chi connectivity index (χ1n) is 21.9. The number of nitrogens with zero attached hydrogens (tertiary/aromatic N) is 2. The number of aliphatic hydroxyl groups excluding tert-OH is 1. The Balaban J connectivity index is 1.77. The van der Waals surface area contributed by atoms with Crippen LogP contribution in [-0.4, -0.2) is 109 Å². The highest BCUT2D eigenvalue weighted by Crippen LogP contribution is 2.17. The molecule has 64 heavy (non-hydrogen) atoms. The van der Waals surface area contributed by atoms with Crippen molar-refractivity contribution in [3.63, 3.8) is 0 Å². The second-order valence-electron chi connectivity index (χ2n) is 18.2. The number of aromatic amines is 2. The molecule has 11 N–H and O–H groups in total. The van der Waals surface area contributed by atoms with E-state index in [4.69, 9.17) is 5.73 Å². The minimum atomic E-state index is -1.43. The van der Waals surface area contributed by atoms with Gasteiger partial charge in [-0.2, -0.15) is 0 Å². The number of benzene rings is 1. The number of nitrogens with two attached hydrogens (primary N) is 1. The van der Waals surface area contributed by atoms with E-state index in [-0.39, 0.29) is 43.4 Å². The Bertz CT molecular complexity index is 1970. The Hall–Kier alpha value is -6.11. The van der Waals surface area contributed by atoms with Crippen molar-refractivity contribution >= 4 is 41.4 Å². The van der Waals surface area contributed by atoms with Gasteiger partial charge in [0.15, 0.2) is 0 Å². The van der Waals surface area contributed by atoms with Gasteiger partial charge in [-0.1, -0.05) is 99.1 Å². The summed E-state index contributed by atoms with van der Waals surface area (Å²) in [6.07, 6.45) is 4.88. The predicted molar refractivity (Wildman–Crippen MR) is 239 cm³/mol. The van der Waals surface area contributed by atoms with Crippen LogP contribution in [-0.2, 0) is 52.8 Å². The molecule has 0 unspecified atom stereocenters. The summed E-state index contributed by atoms with van der Waals surface area (Å²) in [6, 6.07) is 2.64. The molecule has 0 saturated carbocycles. The van der Waals surface area contributed by atoms with Crippen molar-refractivity contribution in [3.8, 4) is 0 Å². The van der Waals surface area contributed by atoms with Gasteiger partial charge in [-0.15, -0.1) is 0 Å². The van der Waals surface area contributed by atoms with Crippen LogP contribution in [0.4, 0.5) is 0 Å². The molecule has 19 nitrogen and oxygen atoms in total. The summed E-state index contributed by atoms with van der Waals surface area (Å²) in [5.74, 6) is -5.26. The molecule has 0 aliphatic carbocycles. The molecular weight excluding hydrogens is 823 g/mol. The molecule has 0 saturated heterocycles. The zero-order valence-electron chi connectivity index (χ0n) is 38.5. The fraction of sp³-hybridized carbons (Fsp3) is 0.578. The quantitative estimate of drug-likeness (QED) is 0.0578. The summed E-state index contributed by atoms with van der Waals surface area (Å²) in [5, 5.41) is 28.1. The minimum Gasteiger partial charge on any atom is -0.390 e. The Labute approximate surface area is 375 Å². The number of nitrogens with one attached hydrogen (secondary N) is 8. The molecule has 2 aromatic heterocycles. The Kier molecular flexibility index (Phi) is 20.1. The molecule has 0 bridgehead atoms. The number of aliphatic hydroxyl groups is 1. The van der Waals surface area contributed by atoms with E-state index in [1.54, 1.807) is 41.5 Å². The van der Waals surface area contributed by atoms with E-state index in [1.165, 1.54) is 25.0 Å². The van der Waals surface area contributed by atoms with E-state index in [1.807, 2.05) is 51.1 Å². The topological polar surface area (TPSA) is 295 Å². The number of amides is 7. The highest BCUT2D eigenvalue weighted by atomic mass is 16.3. The van der Waals surface area contributed by atoms with Gasteiger partial charge in [-0.25, -0.2) is 9.97 Å². The average molecular weight is 892 g/mol. The van der Waals surface area contributed by atoms with Gasteiger partial charge in [0.05, 0.1) is 31.2 Å². The van der Waals surface area contributed by atoms with Crippen LogP contribution in [0.15, 0.2) is 55.4 Å². The third-order valence-corrected chi connectivity index (χ3v) is 10.8. The SMILES string of the molecule is CC[C@H](C)[C@H](NC(=O)[C@@H](NC(=O)C[C@H](O)[C@H](CC(C)C)NC(=O)[C@H](Cc1cnc[nH]1)NC(=O)[C@H](Cc1ccccc1)NC(=O)C(C)(C)C)C(C)C)C(=O)N[C@@H](Cc1cnc[nH]1)C(N)=O. The van der Waals surface area contributed by atoms with Gasteiger partial charge in [-0.05, 0) is 29.7 Å². The molecule has 19 heteroatoms. The Morgan fingerprint density at radius 2 is 1.22 bits per heavy atom. The van der Waals surface area contributed by atoms with Crippen LogP contribution in [0.2, 0.25) is 0 Å². The van der Waals surface area contributed by atoms with Crippen molar-refractivity contribution in [3.05, 3.63) is 72.3 Å². The van der Waals surface area contributed by atoms with Crippen molar-refractivity contribution in [2.24, 2.45) is 28.9 Å². The van der Waals surface area contributed by atoms with Crippen molar-refractivity contribution in [1.82, 2.24) is 51.8 Å². The van der Waals surface area contributed by atoms with Gasteiger partial charge in [0, 0.05) is 48.5 Å². The maximum absolute atomic E-state index is 14.2. The zero-order valence-corrected chi connectivity index (χ0v) is 38.5. The molecule has 0 aliphatic rings. The van der Waals surface area contributed by atoms with E-state index < -0.39 is 95.6 Å². The number of carbonyl (C=O) groups excluding carboxylic acids is 7. The summed E-state index contributed by atoms with van der Waals surface area (Å²) in [6.45, 7) is 16.0. The van der Waals surface area contributed by atoms with E-state index in [0.29, 0.717) is 17.8 Å². The third kappa shape index (κ3) is 16.9. The van der Waals surface area contributed by atoms with Crippen LogP contribution >= 0.6 is 0 Å². The molecular formula is C45H69N11O8. The predicted octanol–water partition coefficient (Wildman–Crippen LogP) is 1.10. The van der Waals surface area contributed by atoms with Gasteiger partial charge in [0.2, 0.25) is 41.4 Å². The zero-order chi connectivity index (χ0) is 47.7. The molecule has 0 aliphatic heterocycles. The summed E-state index contributed by atoms with van der Waals surface area (Å²) in [5.41, 5.74) is 6.68. The van der Waals surface area contributed by atoms with E-state index in [9.17, 15) is 38.7 Å². The first-order valence-corrected chi connectivity index (χ1v) is 21.9. The van der Waals surface area contributed by atoms with Crippen molar-refractivity contribution in [1.29, 1.82) is 0 Å². The number of primary amides is 1. The summed E-state index contributed by atoms with van der Waals surface area (Å²) in [4.78, 5) is 108. The number of rotatable bonds is 25. The van der Waals surface area contributed by atoms with Crippen molar-refractivity contribution in [2.75, 3.05) is 0 Å². The number of H-pyrrole nitrogens is 2. The molecule has 352 valence electrons. The summed E-state index contributed by atoms with van der Waals surface area (Å²) in [7, 11) is 0. The fourth-order valence-corrected chi connectivity index (χ4v) is 6.78. The lowest BCUT2D eigenvalue weighted by Crippen LogP contribution is -2.59. The number of hydrogen-bond donors (Lipinski definition) is 10. The number of hydrogen-bond acceptors (Lipinski definition) is 10. The van der Waals surface area contributed by atoms with E-state index in [0.717, 1.165) is 5.56 Å². The monoisotopic (exact) mass is 892 g/mol. The molecule has 1 aromatic carbocycles. The smallest absolute Gasteiger partial charge is 0.243 e. The van der Waals surface area contributed by atoms with Crippen LogP contribution in [0.1, 0.15) is 98.5 Å². The first-order chi connectivity index (χ1) is 30.1. The molecule has 0 radical (unpaired) electrons. The van der Waals surface area contributed by atoms with Gasteiger partial charge >= 0.3 is 0 Å². The Morgan fingerprint density at radius 1 is 0.688 bits per heavy atom. The second-order valence-corrected chi connectivity index (χ2v) is 18.2. The largest absolute Gasteiger partial charge is 0.390 e. The highest BCUT2D eigenvalue weighted by molar-refractivity contribution is 5.95.